The fraction of sp³-hybridized carbons (Fsp3) is 0.529. The molecule has 25 heavy (non-hydrogen) atoms. The molecule has 1 heterocycles. The molecule has 0 bridgehead atoms. The summed E-state index contributed by atoms with van der Waals surface area (Å²) in [5, 5.41) is 17.8. The molecule has 1 atom stereocenters. The van der Waals surface area contributed by atoms with E-state index in [1.165, 1.54) is 10.9 Å². The summed E-state index contributed by atoms with van der Waals surface area (Å²) in [6, 6.07) is 4.51. The lowest BCUT2D eigenvalue weighted by Crippen LogP contribution is -2.39. The van der Waals surface area contributed by atoms with Crippen molar-refractivity contribution in [2.45, 2.75) is 58.2 Å². The van der Waals surface area contributed by atoms with Crippen LogP contribution in [0.15, 0.2) is 18.2 Å². The van der Waals surface area contributed by atoms with E-state index < -0.39 is 0 Å². The van der Waals surface area contributed by atoms with E-state index in [1.807, 2.05) is 26.8 Å². The zero-order valence-electron chi connectivity index (χ0n) is 14.7. The fourth-order valence-corrected chi connectivity index (χ4v) is 2.92. The molecule has 1 aromatic heterocycles. The fourth-order valence-electron chi connectivity index (χ4n) is 2.92. The minimum Gasteiger partial charge on any atom is -0.331 e. The maximum atomic E-state index is 13.9. The van der Waals surface area contributed by atoms with Crippen molar-refractivity contribution in [1.29, 1.82) is 0 Å². The van der Waals surface area contributed by atoms with E-state index in [2.05, 4.69) is 26.0 Å². The zero-order valence-corrected chi connectivity index (χ0v) is 14.7. The average Bonchev–Trinajstić information content (AvgIpc) is 3.03. The number of rotatable bonds is 3. The maximum absolute atomic E-state index is 13.9. The molecule has 1 aliphatic carbocycles. The number of fused-ring (bicyclic) bond motifs is 1. The van der Waals surface area contributed by atoms with Gasteiger partial charge in [-0.05, 0) is 62.4 Å². The number of nitrogens with zero attached hydrogens (tertiary/aromatic N) is 4. The highest BCUT2D eigenvalue weighted by Crippen LogP contribution is 2.31. The Morgan fingerprint density at radius 3 is 2.92 bits per heavy atom. The first-order valence-electron chi connectivity index (χ1n) is 8.45. The predicted molar refractivity (Wildman–Crippen MR) is 90.3 cm³/mol. The van der Waals surface area contributed by atoms with E-state index in [0.717, 1.165) is 18.4 Å². The molecule has 0 saturated carbocycles. The first-order chi connectivity index (χ1) is 11.8. The molecule has 0 saturated heterocycles. The topological polar surface area (TPSA) is 84.7 Å². The van der Waals surface area contributed by atoms with Gasteiger partial charge in [0.05, 0.1) is 18.1 Å². The number of tetrazole rings is 1. The average molecular weight is 346 g/mol. The number of amides is 2. The Labute approximate surface area is 146 Å². The van der Waals surface area contributed by atoms with Gasteiger partial charge in [0.2, 0.25) is 0 Å². The Morgan fingerprint density at radius 2 is 2.20 bits per heavy atom. The van der Waals surface area contributed by atoms with Crippen molar-refractivity contribution in [2.75, 3.05) is 0 Å². The largest absolute Gasteiger partial charge is 0.331 e. The molecule has 7 nitrogen and oxygen atoms in total. The van der Waals surface area contributed by atoms with Crippen LogP contribution in [0.1, 0.15) is 56.6 Å². The van der Waals surface area contributed by atoms with Crippen LogP contribution in [0.3, 0.4) is 0 Å². The molecule has 8 heteroatoms. The zero-order chi connectivity index (χ0) is 18.0. The summed E-state index contributed by atoms with van der Waals surface area (Å²) in [5.74, 6) is 0.243. The van der Waals surface area contributed by atoms with E-state index in [4.69, 9.17) is 0 Å². The van der Waals surface area contributed by atoms with Crippen molar-refractivity contribution in [2.24, 2.45) is 0 Å². The van der Waals surface area contributed by atoms with Gasteiger partial charge in [0.15, 0.2) is 5.82 Å². The van der Waals surface area contributed by atoms with Crippen LogP contribution in [-0.2, 0) is 18.5 Å². The molecule has 0 unspecified atom stereocenters. The van der Waals surface area contributed by atoms with Crippen molar-refractivity contribution in [3.8, 4) is 0 Å². The maximum Gasteiger partial charge on any atom is 0.315 e. The lowest BCUT2D eigenvalue weighted by molar-refractivity contribution is 0.234. The molecule has 2 aromatic rings. The third kappa shape index (κ3) is 3.94. The molecular weight excluding hydrogens is 323 g/mol. The summed E-state index contributed by atoms with van der Waals surface area (Å²) in [5.41, 5.74) is 1.30. The highest BCUT2D eigenvalue weighted by Gasteiger charge is 2.24. The van der Waals surface area contributed by atoms with Crippen LogP contribution in [-0.4, -0.2) is 26.2 Å². The van der Waals surface area contributed by atoms with E-state index >= 15 is 0 Å². The lowest BCUT2D eigenvalue weighted by Gasteiger charge is -2.26. The number of benzene rings is 1. The van der Waals surface area contributed by atoms with Gasteiger partial charge in [0, 0.05) is 0 Å². The normalized spacial score (nSPS) is 17.0. The van der Waals surface area contributed by atoms with Crippen LogP contribution in [0.25, 0.3) is 0 Å². The predicted octanol–water partition coefficient (Wildman–Crippen LogP) is 2.44. The van der Waals surface area contributed by atoms with Gasteiger partial charge >= 0.3 is 6.03 Å². The Kier molecular flexibility index (Phi) is 4.69. The molecule has 0 spiro atoms. The molecule has 0 fully saturated rings. The number of hydrogen-bond acceptors (Lipinski definition) is 4. The Morgan fingerprint density at radius 1 is 1.40 bits per heavy atom. The van der Waals surface area contributed by atoms with Crippen LogP contribution in [0.4, 0.5) is 9.18 Å². The summed E-state index contributed by atoms with van der Waals surface area (Å²) in [4.78, 5) is 13.7. The first-order valence-corrected chi connectivity index (χ1v) is 8.45. The monoisotopic (exact) mass is 346 g/mol. The quantitative estimate of drug-likeness (QED) is 0.894. The van der Waals surface area contributed by atoms with E-state index in [-0.39, 0.29) is 30.0 Å². The molecule has 0 radical (unpaired) electrons. The molecule has 1 aromatic carbocycles. The van der Waals surface area contributed by atoms with Gasteiger partial charge < -0.3 is 10.6 Å². The molecule has 134 valence electrons. The van der Waals surface area contributed by atoms with Gasteiger partial charge in [-0.25, -0.2) is 9.18 Å². The van der Waals surface area contributed by atoms with Crippen LogP contribution >= 0.6 is 0 Å². The number of aromatic nitrogens is 4. The molecule has 2 amide bonds. The third-order valence-electron chi connectivity index (χ3n) is 4.22. The highest BCUT2D eigenvalue weighted by molar-refractivity contribution is 5.74. The number of nitrogens with one attached hydrogen (secondary N) is 2. The summed E-state index contributed by atoms with van der Waals surface area (Å²) in [6.07, 6.45) is 2.35. The van der Waals surface area contributed by atoms with Crippen molar-refractivity contribution in [3.05, 3.63) is 41.0 Å². The van der Waals surface area contributed by atoms with Gasteiger partial charge in [-0.15, -0.1) is 10.2 Å². The first kappa shape index (κ1) is 17.3. The van der Waals surface area contributed by atoms with Crippen molar-refractivity contribution in [3.63, 3.8) is 0 Å². The second kappa shape index (κ2) is 6.78. The van der Waals surface area contributed by atoms with Gasteiger partial charge in [-0.2, -0.15) is 4.80 Å². The standard InChI is InChI=1S/C17H23FN6O/c1-17(2,3)24-22-15(21-23-24)10-19-16(25)20-14-9-5-6-11-12(14)7-4-8-13(11)18/h4,7-8,14H,5-6,9-10H2,1-3H3,(H2,19,20,25)/t14-/m0/s1. The number of carbonyl (C=O) groups is 1. The summed E-state index contributed by atoms with van der Waals surface area (Å²) < 4.78 is 13.9. The molecule has 1 aliphatic rings. The van der Waals surface area contributed by atoms with Crippen LogP contribution < -0.4 is 10.6 Å². The molecular formula is C17H23FN6O. The van der Waals surface area contributed by atoms with Gasteiger partial charge in [0.25, 0.3) is 0 Å². The van der Waals surface area contributed by atoms with Crippen molar-refractivity contribution in [1.82, 2.24) is 30.8 Å². The number of urea groups is 1. The number of hydrogen-bond donors (Lipinski definition) is 2. The Balaban J connectivity index is 1.59. The summed E-state index contributed by atoms with van der Waals surface area (Å²) in [7, 11) is 0. The highest BCUT2D eigenvalue weighted by atomic mass is 19.1. The molecule has 0 aliphatic heterocycles. The minimum absolute atomic E-state index is 0.183. The van der Waals surface area contributed by atoms with Crippen molar-refractivity contribution < 1.29 is 9.18 Å². The minimum atomic E-state index is -0.325. The Bertz CT molecular complexity index is 767. The second-order valence-corrected chi connectivity index (χ2v) is 7.25. The smallest absolute Gasteiger partial charge is 0.315 e. The number of halogens is 1. The Hall–Kier alpha value is -2.51. The lowest BCUT2D eigenvalue weighted by atomic mass is 9.87. The van der Waals surface area contributed by atoms with Gasteiger partial charge in [0.1, 0.15) is 5.82 Å². The van der Waals surface area contributed by atoms with Gasteiger partial charge in [-0.1, -0.05) is 12.1 Å². The molecule has 3 rings (SSSR count). The van der Waals surface area contributed by atoms with Crippen LogP contribution in [0.2, 0.25) is 0 Å². The van der Waals surface area contributed by atoms with E-state index in [1.54, 1.807) is 6.07 Å². The number of carbonyl (C=O) groups excluding carboxylic acids is 1. The van der Waals surface area contributed by atoms with E-state index in [0.29, 0.717) is 17.8 Å². The molecule has 2 N–H and O–H groups in total. The SMILES string of the molecule is CC(C)(C)n1nnc(CNC(=O)N[C@H]2CCCc3c(F)cccc32)n1. The summed E-state index contributed by atoms with van der Waals surface area (Å²) in [6.45, 7) is 6.10. The van der Waals surface area contributed by atoms with Crippen LogP contribution in [0, 0.1) is 5.82 Å². The van der Waals surface area contributed by atoms with Gasteiger partial charge in [-0.3, -0.25) is 0 Å². The van der Waals surface area contributed by atoms with Crippen LogP contribution in [0.5, 0.6) is 0 Å². The van der Waals surface area contributed by atoms with E-state index in [9.17, 15) is 9.18 Å². The summed E-state index contributed by atoms with van der Waals surface area (Å²) >= 11 is 0. The third-order valence-corrected chi connectivity index (χ3v) is 4.22. The second-order valence-electron chi connectivity index (χ2n) is 7.25. The van der Waals surface area contributed by atoms with Crippen molar-refractivity contribution >= 4 is 6.03 Å².